The minimum Gasteiger partial charge on any atom is -0.409 e. The van der Waals surface area contributed by atoms with E-state index in [0.29, 0.717) is 17.7 Å². The van der Waals surface area contributed by atoms with Crippen LogP contribution in [0.3, 0.4) is 0 Å². The van der Waals surface area contributed by atoms with E-state index in [2.05, 4.69) is 15.4 Å². The third-order valence-electron chi connectivity index (χ3n) is 3.54. The molecular formula is C12H18N4O2S. The lowest BCUT2D eigenvalue weighted by Gasteiger charge is -2.40. The van der Waals surface area contributed by atoms with Crippen LogP contribution >= 0.6 is 11.3 Å². The van der Waals surface area contributed by atoms with Gasteiger partial charge in [0, 0.05) is 13.1 Å². The summed E-state index contributed by atoms with van der Waals surface area (Å²) >= 11 is 1.37. The van der Waals surface area contributed by atoms with Crippen LogP contribution in [0, 0.1) is 0 Å². The van der Waals surface area contributed by atoms with Crippen LogP contribution in [0.25, 0.3) is 0 Å². The zero-order chi connectivity index (χ0) is 13.9. The van der Waals surface area contributed by atoms with Crippen molar-refractivity contribution >= 4 is 23.1 Å². The lowest BCUT2D eigenvalue weighted by Crippen LogP contribution is -2.62. The second-order valence-electron chi connectivity index (χ2n) is 4.80. The summed E-state index contributed by atoms with van der Waals surface area (Å²) in [6.07, 6.45) is 1.27. The number of nitrogens with one attached hydrogen (secondary N) is 1. The highest BCUT2D eigenvalue weighted by atomic mass is 32.1. The first kappa shape index (κ1) is 13.8. The van der Waals surface area contributed by atoms with Gasteiger partial charge in [-0.3, -0.25) is 4.79 Å². The molecule has 0 unspecified atom stereocenters. The van der Waals surface area contributed by atoms with Gasteiger partial charge in [-0.15, -0.1) is 11.3 Å². The Morgan fingerprint density at radius 2 is 2.26 bits per heavy atom. The van der Waals surface area contributed by atoms with E-state index in [4.69, 9.17) is 10.9 Å². The predicted molar refractivity (Wildman–Crippen MR) is 74.7 cm³/mol. The number of carbonyl (C=O) groups excluding carboxylic acids is 1. The molecule has 0 aliphatic carbocycles. The third-order valence-corrected chi connectivity index (χ3v) is 4.41. The molecule has 6 nitrogen and oxygen atoms in total. The highest BCUT2D eigenvalue weighted by Gasteiger charge is 2.39. The van der Waals surface area contributed by atoms with E-state index in [-0.39, 0.29) is 11.7 Å². The SMILES string of the molecule is CN1CCC(NC(=O)c2cccs2)(/C(N)=N/O)CC1. The van der Waals surface area contributed by atoms with Gasteiger partial charge in [-0.25, -0.2) is 0 Å². The highest BCUT2D eigenvalue weighted by molar-refractivity contribution is 7.12. The van der Waals surface area contributed by atoms with Gasteiger partial charge >= 0.3 is 0 Å². The Morgan fingerprint density at radius 3 is 2.79 bits per heavy atom. The molecule has 104 valence electrons. The van der Waals surface area contributed by atoms with Crippen molar-refractivity contribution in [2.75, 3.05) is 20.1 Å². The number of nitrogens with zero attached hydrogens (tertiary/aromatic N) is 2. The average Bonchev–Trinajstić information content (AvgIpc) is 2.95. The summed E-state index contributed by atoms with van der Waals surface area (Å²) in [5, 5.41) is 16.9. The topological polar surface area (TPSA) is 91.0 Å². The van der Waals surface area contributed by atoms with Gasteiger partial charge in [-0.1, -0.05) is 11.2 Å². The Kier molecular flexibility index (Phi) is 4.06. The summed E-state index contributed by atoms with van der Waals surface area (Å²) in [5.74, 6) is -0.100. The van der Waals surface area contributed by atoms with Gasteiger partial charge in [-0.05, 0) is 31.3 Å². The van der Waals surface area contributed by atoms with Crippen LogP contribution in [0.5, 0.6) is 0 Å². The van der Waals surface area contributed by atoms with Crippen molar-refractivity contribution in [2.24, 2.45) is 10.9 Å². The van der Waals surface area contributed by atoms with Gasteiger partial charge in [0.05, 0.1) is 4.88 Å². The van der Waals surface area contributed by atoms with E-state index in [1.165, 1.54) is 11.3 Å². The number of likely N-dealkylation sites (tertiary alicyclic amines) is 1. The molecule has 0 saturated carbocycles. The molecule has 4 N–H and O–H groups in total. The lowest BCUT2D eigenvalue weighted by atomic mass is 9.86. The van der Waals surface area contributed by atoms with Crippen LogP contribution in [-0.2, 0) is 0 Å². The Balaban J connectivity index is 2.17. The number of oxime groups is 1. The zero-order valence-corrected chi connectivity index (χ0v) is 11.6. The molecule has 0 bridgehead atoms. The highest BCUT2D eigenvalue weighted by Crippen LogP contribution is 2.23. The Morgan fingerprint density at radius 1 is 1.58 bits per heavy atom. The molecule has 0 spiro atoms. The van der Waals surface area contributed by atoms with Crippen LogP contribution in [0.2, 0.25) is 0 Å². The molecular weight excluding hydrogens is 264 g/mol. The summed E-state index contributed by atoms with van der Waals surface area (Å²) in [6.45, 7) is 1.59. The maximum atomic E-state index is 12.2. The van der Waals surface area contributed by atoms with Crippen LogP contribution < -0.4 is 11.1 Å². The van der Waals surface area contributed by atoms with Gasteiger partial charge in [0.2, 0.25) is 0 Å². The largest absolute Gasteiger partial charge is 0.409 e. The van der Waals surface area contributed by atoms with Crippen molar-refractivity contribution in [2.45, 2.75) is 18.4 Å². The number of thiophene rings is 1. The molecule has 1 aliphatic heterocycles. The van der Waals surface area contributed by atoms with Crippen molar-refractivity contribution in [3.63, 3.8) is 0 Å². The maximum absolute atomic E-state index is 12.2. The van der Waals surface area contributed by atoms with Gasteiger partial charge < -0.3 is 21.2 Å². The van der Waals surface area contributed by atoms with Gasteiger partial charge in [0.15, 0.2) is 5.84 Å². The van der Waals surface area contributed by atoms with E-state index >= 15 is 0 Å². The standard InChI is InChI=1S/C12H18N4O2S/c1-16-6-4-12(5-7-16,11(13)15-18)14-10(17)9-3-2-8-19-9/h2-3,8,18H,4-7H2,1H3,(H2,13,15)(H,14,17). The van der Waals surface area contributed by atoms with Gasteiger partial charge in [-0.2, -0.15) is 0 Å². The summed E-state index contributed by atoms with van der Waals surface area (Å²) in [5.41, 5.74) is 5.05. The molecule has 0 atom stereocenters. The van der Waals surface area contributed by atoms with Crippen molar-refractivity contribution in [3.05, 3.63) is 22.4 Å². The zero-order valence-electron chi connectivity index (χ0n) is 10.8. The lowest BCUT2D eigenvalue weighted by molar-refractivity contribution is 0.0890. The second-order valence-corrected chi connectivity index (χ2v) is 5.75. The van der Waals surface area contributed by atoms with Crippen LogP contribution in [0.4, 0.5) is 0 Å². The fourth-order valence-corrected chi connectivity index (χ4v) is 2.85. The number of piperidine rings is 1. The van der Waals surface area contributed by atoms with E-state index in [9.17, 15) is 4.79 Å². The summed E-state index contributed by atoms with van der Waals surface area (Å²) in [4.78, 5) is 15.0. The smallest absolute Gasteiger partial charge is 0.262 e. The number of amidine groups is 1. The minimum absolute atomic E-state index is 0.0745. The van der Waals surface area contributed by atoms with E-state index in [0.717, 1.165) is 13.1 Å². The molecule has 1 amide bonds. The molecule has 1 aliphatic rings. The first-order valence-corrected chi connectivity index (χ1v) is 6.98. The molecule has 0 radical (unpaired) electrons. The van der Waals surface area contributed by atoms with Crippen LogP contribution in [-0.4, -0.2) is 47.5 Å². The quantitative estimate of drug-likeness (QED) is 0.329. The van der Waals surface area contributed by atoms with Crippen molar-refractivity contribution in [1.82, 2.24) is 10.2 Å². The Hall–Kier alpha value is -1.60. The predicted octanol–water partition coefficient (Wildman–Crippen LogP) is 0.689. The van der Waals surface area contributed by atoms with Gasteiger partial charge in [0.25, 0.3) is 5.91 Å². The first-order valence-electron chi connectivity index (χ1n) is 6.10. The molecule has 1 aromatic rings. The molecule has 1 aromatic heterocycles. The normalized spacial score (nSPS) is 20.2. The molecule has 19 heavy (non-hydrogen) atoms. The minimum atomic E-state index is -0.748. The van der Waals surface area contributed by atoms with Crippen LogP contribution in [0.1, 0.15) is 22.5 Å². The monoisotopic (exact) mass is 282 g/mol. The Labute approximate surface area is 115 Å². The number of nitrogens with two attached hydrogens (primary N) is 1. The third kappa shape index (κ3) is 2.87. The molecule has 0 aromatic carbocycles. The number of hydrogen-bond donors (Lipinski definition) is 3. The molecule has 2 heterocycles. The number of rotatable bonds is 3. The maximum Gasteiger partial charge on any atom is 0.262 e. The van der Waals surface area contributed by atoms with Crippen molar-refractivity contribution in [1.29, 1.82) is 0 Å². The van der Waals surface area contributed by atoms with E-state index in [1.54, 1.807) is 6.07 Å². The molecule has 2 rings (SSSR count). The molecule has 1 saturated heterocycles. The average molecular weight is 282 g/mol. The number of amides is 1. The van der Waals surface area contributed by atoms with Crippen molar-refractivity contribution < 1.29 is 10.0 Å². The Bertz CT molecular complexity index is 464. The van der Waals surface area contributed by atoms with E-state index in [1.807, 2.05) is 18.5 Å². The molecule has 7 heteroatoms. The van der Waals surface area contributed by atoms with Crippen molar-refractivity contribution in [3.8, 4) is 0 Å². The number of hydrogen-bond acceptors (Lipinski definition) is 5. The van der Waals surface area contributed by atoms with Crippen LogP contribution in [0.15, 0.2) is 22.7 Å². The summed E-state index contributed by atoms with van der Waals surface area (Å²) in [7, 11) is 2.01. The number of carbonyl (C=O) groups is 1. The van der Waals surface area contributed by atoms with Gasteiger partial charge in [0.1, 0.15) is 5.54 Å². The molecule has 1 fully saturated rings. The summed E-state index contributed by atoms with van der Waals surface area (Å²) in [6, 6.07) is 3.58. The van der Waals surface area contributed by atoms with E-state index < -0.39 is 5.54 Å². The fourth-order valence-electron chi connectivity index (χ4n) is 2.23. The fraction of sp³-hybridized carbons (Fsp3) is 0.500. The second kappa shape index (κ2) is 5.58. The summed E-state index contributed by atoms with van der Waals surface area (Å²) < 4.78 is 0. The first-order chi connectivity index (χ1) is 9.07.